The Labute approximate surface area is 109 Å². The maximum absolute atomic E-state index is 11.1. The summed E-state index contributed by atoms with van der Waals surface area (Å²) < 4.78 is 15.5. The van der Waals surface area contributed by atoms with Crippen LogP contribution in [-0.2, 0) is 19.0 Å². The van der Waals surface area contributed by atoms with Crippen LogP contribution in [0.4, 0.5) is 0 Å². The van der Waals surface area contributed by atoms with Gasteiger partial charge in [0.1, 0.15) is 5.54 Å². The predicted molar refractivity (Wildman–Crippen MR) is 67.8 cm³/mol. The van der Waals surface area contributed by atoms with E-state index in [1.165, 1.54) is 0 Å². The first kappa shape index (κ1) is 17.3. The number of rotatable bonds is 12. The fourth-order valence-corrected chi connectivity index (χ4v) is 1.36. The Balaban J connectivity index is 3.59. The van der Waals surface area contributed by atoms with Gasteiger partial charge in [0, 0.05) is 20.3 Å². The van der Waals surface area contributed by atoms with Gasteiger partial charge in [-0.1, -0.05) is 6.92 Å². The van der Waals surface area contributed by atoms with Crippen LogP contribution in [0, 0.1) is 0 Å². The molecule has 0 spiro atoms. The van der Waals surface area contributed by atoms with Crippen LogP contribution in [0.2, 0.25) is 0 Å². The van der Waals surface area contributed by atoms with Crippen molar-refractivity contribution in [3.05, 3.63) is 0 Å². The van der Waals surface area contributed by atoms with E-state index in [0.717, 1.165) is 6.42 Å². The highest BCUT2D eigenvalue weighted by atomic mass is 16.5. The van der Waals surface area contributed by atoms with Gasteiger partial charge < -0.3 is 24.6 Å². The molecule has 0 radical (unpaired) electrons. The molecule has 2 N–H and O–H groups in total. The summed E-state index contributed by atoms with van der Waals surface area (Å²) in [6.07, 6.45) is 0.742. The average molecular weight is 263 g/mol. The quantitative estimate of drug-likeness (QED) is 0.500. The van der Waals surface area contributed by atoms with Crippen LogP contribution in [0.5, 0.6) is 0 Å². The third-order valence-electron chi connectivity index (χ3n) is 2.44. The molecule has 0 aromatic rings. The van der Waals surface area contributed by atoms with Crippen molar-refractivity contribution in [1.29, 1.82) is 0 Å². The lowest BCUT2D eigenvalue weighted by Crippen LogP contribution is -2.53. The van der Waals surface area contributed by atoms with Crippen LogP contribution in [0.3, 0.4) is 0 Å². The molecule has 0 aromatic carbocycles. The summed E-state index contributed by atoms with van der Waals surface area (Å²) in [5.41, 5.74) is -1.02. The van der Waals surface area contributed by atoms with E-state index < -0.39 is 11.5 Å². The van der Waals surface area contributed by atoms with Crippen molar-refractivity contribution >= 4 is 5.97 Å². The van der Waals surface area contributed by atoms with Gasteiger partial charge in [-0.3, -0.25) is 4.79 Å². The molecule has 108 valence electrons. The molecule has 0 saturated carbocycles. The van der Waals surface area contributed by atoms with E-state index in [1.54, 1.807) is 14.0 Å². The molecule has 0 amide bonds. The van der Waals surface area contributed by atoms with E-state index in [9.17, 15) is 4.79 Å². The molecule has 0 heterocycles. The SMILES string of the molecule is CCNC(C)(COCCCOCCOC)C(=O)O. The van der Waals surface area contributed by atoms with Gasteiger partial charge in [-0.25, -0.2) is 0 Å². The van der Waals surface area contributed by atoms with E-state index >= 15 is 0 Å². The summed E-state index contributed by atoms with van der Waals surface area (Å²) in [7, 11) is 1.62. The van der Waals surface area contributed by atoms with Crippen molar-refractivity contribution < 1.29 is 24.1 Å². The highest BCUT2D eigenvalue weighted by Gasteiger charge is 2.32. The van der Waals surface area contributed by atoms with Crippen molar-refractivity contribution in [3.8, 4) is 0 Å². The Hall–Kier alpha value is -0.690. The minimum absolute atomic E-state index is 0.147. The number of nitrogens with one attached hydrogen (secondary N) is 1. The van der Waals surface area contributed by atoms with Crippen molar-refractivity contribution in [2.24, 2.45) is 0 Å². The molecule has 0 aliphatic carbocycles. The van der Waals surface area contributed by atoms with E-state index in [4.69, 9.17) is 19.3 Å². The van der Waals surface area contributed by atoms with Gasteiger partial charge in [-0.2, -0.15) is 0 Å². The summed E-state index contributed by atoms with van der Waals surface area (Å²) in [6, 6.07) is 0. The highest BCUT2D eigenvalue weighted by Crippen LogP contribution is 2.05. The maximum atomic E-state index is 11.1. The topological polar surface area (TPSA) is 77.0 Å². The van der Waals surface area contributed by atoms with Crippen molar-refractivity contribution in [2.75, 3.05) is 46.7 Å². The smallest absolute Gasteiger partial charge is 0.326 e. The van der Waals surface area contributed by atoms with Crippen LogP contribution < -0.4 is 5.32 Å². The number of carboxylic acids is 1. The number of hydrogen-bond acceptors (Lipinski definition) is 5. The van der Waals surface area contributed by atoms with Crippen LogP contribution >= 0.6 is 0 Å². The number of hydrogen-bond donors (Lipinski definition) is 2. The molecular formula is C12H25NO5. The summed E-state index contributed by atoms with van der Waals surface area (Å²) in [6.45, 7) is 6.45. The second-order valence-corrected chi connectivity index (χ2v) is 4.18. The molecule has 6 heteroatoms. The summed E-state index contributed by atoms with van der Waals surface area (Å²) in [5, 5.41) is 12.0. The molecule has 0 aromatic heterocycles. The molecule has 6 nitrogen and oxygen atoms in total. The van der Waals surface area contributed by atoms with Gasteiger partial charge >= 0.3 is 5.97 Å². The van der Waals surface area contributed by atoms with E-state index in [2.05, 4.69) is 5.32 Å². The molecule has 0 aliphatic heterocycles. The summed E-state index contributed by atoms with van der Waals surface area (Å²) >= 11 is 0. The Morgan fingerprint density at radius 1 is 1.22 bits per heavy atom. The molecule has 0 saturated heterocycles. The number of methoxy groups -OCH3 is 1. The molecule has 0 rings (SSSR count). The van der Waals surface area contributed by atoms with Gasteiger partial charge in [0.2, 0.25) is 0 Å². The zero-order valence-electron chi connectivity index (χ0n) is 11.5. The normalized spacial score (nSPS) is 14.4. The van der Waals surface area contributed by atoms with Gasteiger partial charge in [-0.15, -0.1) is 0 Å². The second kappa shape index (κ2) is 10.3. The summed E-state index contributed by atoms with van der Waals surface area (Å²) in [4.78, 5) is 11.1. The Morgan fingerprint density at radius 2 is 1.89 bits per heavy atom. The standard InChI is InChI=1S/C12H25NO5/c1-4-13-12(2,11(14)15)10-18-7-5-6-17-9-8-16-3/h13H,4-10H2,1-3H3,(H,14,15). The predicted octanol–water partition coefficient (Wildman–Crippen LogP) is 0.509. The van der Waals surface area contributed by atoms with Crippen LogP contribution in [-0.4, -0.2) is 63.3 Å². The first-order valence-corrected chi connectivity index (χ1v) is 6.19. The first-order valence-electron chi connectivity index (χ1n) is 6.19. The molecule has 0 bridgehead atoms. The Morgan fingerprint density at radius 3 is 2.44 bits per heavy atom. The monoisotopic (exact) mass is 263 g/mol. The third kappa shape index (κ3) is 7.60. The van der Waals surface area contributed by atoms with Gasteiger partial charge in [0.15, 0.2) is 0 Å². The van der Waals surface area contributed by atoms with E-state index in [-0.39, 0.29) is 6.61 Å². The van der Waals surface area contributed by atoms with Gasteiger partial charge in [0.05, 0.1) is 19.8 Å². The lowest BCUT2D eigenvalue weighted by Gasteiger charge is -2.25. The molecule has 18 heavy (non-hydrogen) atoms. The average Bonchev–Trinajstić information content (AvgIpc) is 2.33. The molecular weight excluding hydrogens is 238 g/mol. The zero-order valence-corrected chi connectivity index (χ0v) is 11.5. The molecule has 0 fully saturated rings. The van der Waals surface area contributed by atoms with Crippen molar-refractivity contribution in [1.82, 2.24) is 5.32 Å². The number of aliphatic carboxylic acids is 1. The molecule has 1 atom stereocenters. The molecule has 1 unspecified atom stereocenters. The fraction of sp³-hybridized carbons (Fsp3) is 0.917. The number of carbonyl (C=O) groups is 1. The Kier molecular flexibility index (Phi) is 9.86. The van der Waals surface area contributed by atoms with Crippen LogP contribution in [0.25, 0.3) is 0 Å². The summed E-state index contributed by atoms with van der Waals surface area (Å²) in [5.74, 6) is -0.902. The lowest BCUT2D eigenvalue weighted by molar-refractivity contribution is -0.146. The highest BCUT2D eigenvalue weighted by molar-refractivity contribution is 5.78. The first-order chi connectivity index (χ1) is 8.56. The minimum Gasteiger partial charge on any atom is -0.480 e. The fourth-order valence-electron chi connectivity index (χ4n) is 1.36. The van der Waals surface area contributed by atoms with Crippen LogP contribution in [0.1, 0.15) is 20.3 Å². The van der Waals surface area contributed by atoms with Crippen molar-refractivity contribution in [2.45, 2.75) is 25.8 Å². The van der Waals surface area contributed by atoms with Crippen molar-refractivity contribution in [3.63, 3.8) is 0 Å². The number of carboxylic acid groups (broad SMARTS) is 1. The van der Waals surface area contributed by atoms with E-state index in [0.29, 0.717) is 33.0 Å². The number of ether oxygens (including phenoxy) is 3. The largest absolute Gasteiger partial charge is 0.480 e. The van der Waals surface area contributed by atoms with Gasteiger partial charge in [0.25, 0.3) is 0 Å². The minimum atomic E-state index is -1.02. The number of likely N-dealkylation sites (N-methyl/N-ethyl adjacent to an activating group) is 1. The Bertz CT molecular complexity index is 225. The lowest BCUT2D eigenvalue weighted by atomic mass is 10.0. The maximum Gasteiger partial charge on any atom is 0.326 e. The third-order valence-corrected chi connectivity index (χ3v) is 2.44. The van der Waals surface area contributed by atoms with E-state index in [1.807, 2.05) is 6.92 Å². The second-order valence-electron chi connectivity index (χ2n) is 4.18. The molecule has 0 aliphatic rings. The van der Waals surface area contributed by atoms with Gasteiger partial charge in [-0.05, 0) is 19.9 Å². The van der Waals surface area contributed by atoms with Crippen LogP contribution in [0.15, 0.2) is 0 Å². The zero-order chi connectivity index (χ0) is 13.9.